The molecule has 0 unspecified atom stereocenters. The Morgan fingerprint density at radius 2 is 1.62 bits per heavy atom. The molecule has 5 fully saturated rings. The standard InChI is InChI=1S/C30H38O10/c1-15(31)36-20-13-22(33)39-26(3,4)19-12-21(37-16(2)32)29(7)18(28(19,20)6)8-10-27(5)23(17-9-11-35-14-17)38-25(34)24-30(27,29)40-24/h9,11,14,18-21,23-24H,8,10,12-13H2,1-7H3/t18-,19-,20+,21-,23+,24-,27+,28-,29+,30-/m1/s1. The Kier molecular flexibility index (Phi) is 5.69. The van der Waals surface area contributed by atoms with Crippen LogP contribution in [0.2, 0.25) is 0 Å². The topological polar surface area (TPSA) is 131 Å². The number of ether oxygens (including phenoxy) is 5. The molecule has 3 saturated heterocycles. The molecular weight excluding hydrogens is 520 g/mol. The van der Waals surface area contributed by atoms with E-state index in [0.29, 0.717) is 19.3 Å². The fourth-order valence-corrected chi connectivity index (χ4v) is 9.88. The molecule has 40 heavy (non-hydrogen) atoms. The maximum atomic E-state index is 13.4. The monoisotopic (exact) mass is 558 g/mol. The lowest BCUT2D eigenvalue weighted by Crippen LogP contribution is -2.74. The van der Waals surface area contributed by atoms with Crippen LogP contribution >= 0.6 is 0 Å². The van der Waals surface area contributed by atoms with E-state index in [9.17, 15) is 19.2 Å². The Labute approximate surface area is 233 Å². The summed E-state index contributed by atoms with van der Waals surface area (Å²) in [4.78, 5) is 51.5. The Morgan fingerprint density at radius 1 is 0.950 bits per heavy atom. The predicted octanol–water partition coefficient (Wildman–Crippen LogP) is 4.05. The van der Waals surface area contributed by atoms with Gasteiger partial charge in [0.25, 0.3) is 0 Å². The molecule has 0 aromatic carbocycles. The first-order valence-electron chi connectivity index (χ1n) is 14.1. The molecule has 2 aliphatic carbocycles. The number of carbonyl (C=O) groups excluding carboxylic acids is 4. The number of cyclic esters (lactones) is 2. The number of furan rings is 1. The smallest absolute Gasteiger partial charge is 0.339 e. The van der Waals surface area contributed by atoms with Crippen LogP contribution in [-0.2, 0) is 42.9 Å². The molecule has 3 aliphatic heterocycles. The van der Waals surface area contributed by atoms with E-state index in [2.05, 4.69) is 13.8 Å². The van der Waals surface area contributed by atoms with Crippen LogP contribution in [0.4, 0.5) is 0 Å². The molecule has 0 N–H and O–H groups in total. The third-order valence-corrected chi connectivity index (χ3v) is 11.3. The average molecular weight is 559 g/mol. The molecule has 10 heteroatoms. The molecule has 6 rings (SSSR count). The first-order chi connectivity index (χ1) is 18.6. The average Bonchev–Trinajstić information content (AvgIpc) is 3.42. The zero-order valence-electron chi connectivity index (χ0n) is 24.1. The molecule has 4 heterocycles. The Balaban J connectivity index is 1.57. The lowest BCUT2D eigenvalue weighted by molar-refractivity contribution is -0.277. The van der Waals surface area contributed by atoms with Gasteiger partial charge < -0.3 is 28.1 Å². The minimum absolute atomic E-state index is 0.0882. The fourth-order valence-electron chi connectivity index (χ4n) is 9.88. The number of rotatable bonds is 3. The lowest BCUT2D eigenvalue weighted by Gasteiger charge is -2.68. The van der Waals surface area contributed by atoms with Gasteiger partial charge in [0.1, 0.15) is 29.5 Å². The van der Waals surface area contributed by atoms with Crippen LogP contribution in [0.25, 0.3) is 0 Å². The van der Waals surface area contributed by atoms with Crippen LogP contribution < -0.4 is 0 Å². The first-order valence-corrected chi connectivity index (χ1v) is 14.1. The molecule has 1 aromatic rings. The fraction of sp³-hybridized carbons (Fsp3) is 0.733. The third-order valence-electron chi connectivity index (χ3n) is 11.3. The van der Waals surface area contributed by atoms with Crippen molar-refractivity contribution in [2.24, 2.45) is 28.1 Å². The second-order valence-electron chi connectivity index (χ2n) is 13.5. The summed E-state index contributed by atoms with van der Waals surface area (Å²) >= 11 is 0. The van der Waals surface area contributed by atoms with Crippen molar-refractivity contribution in [3.8, 4) is 0 Å². The number of esters is 4. The second kappa shape index (κ2) is 8.33. The minimum Gasteiger partial charge on any atom is -0.472 e. The molecule has 0 amide bonds. The van der Waals surface area contributed by atoms with Crippen LogP contribution in [0.15, 0.2) is 23.0 Å². The van der Waals surface area contributed by atoms with Crippen molar-refractivity contribution in [2.45, 2.75) is 110 Å². The van der Waals surface area contributed by atoms with E-state index in [1.807, 2.05) is 20.8 Å². The van der Waals surface area contributed by atoms with E-state index >= 15 is 0 Å². The largest absolute Gasteiger partial charge is 0.472 e. The van der Waals surface area contributed by atoms with Gasteiger partial charge in [-0.3, -0.25) is 14.4 Å². The zero-order chi connectivity index (χ0) is 29.0. The molecule has 1 aromatic heterocycles. The molecule has 0 bridgehead atoms. The summed E-state index contributed by atoms with van der Waals surface area (Å²) in [5, 5.41) is 0. The second-order valence-corrected chi connectivity index (χ2v) is 13.5. The summed E-state index contributed by atoms with van der Waals surface area (Å²) in [6.45, 7) is 12.6. The van der Waals surface area contributed by atoms with Crippen LogP contribution in [-0.4, -0.2) is 53.4 Å². The summed E-state index contributed by atoms with van der Waals surface area (Å²) in [6, 6.07) is 1.79. The summed E-state index contributed by atoms with van der Waals surface area (Å²) in [7, 11) is 0. The van der Waals surface area contributed by atoms with Crippen LogP contribution in [0, 0.1) is 28.1 Å². The van der Waals surface area contributed by atoms with Gasteiger partial charge in [-0.15, -0.1) is 0 Å². The Bertz CT molecular complexity index is 1270. The highest BCUT2D eigenvalue weighted by Gasteiger charge is 2.89. The quantitative estimate of drug-likeness (QED) is 0.304. The normalized spacial score (nSPS) is 46.7. The van der Waals surface area contributed by atoms with E-state index < -0.39 is 75.7 Å². The predicted molar refractivity (Wildman–Crippen MR) is 136 cm³/mol. The molecule has 5 aliphatic rings. The number of fused-ring (bicyclic) bond motifs is 3. The van der Waals surface area contributed by atoms with Gasteiger partial charge in [-0.05, 0) is 45.1 Å². The van der Waals surface area contributed by atoms with Crippen molar-refractivity contribution in [2.75, 3.05) is 0 Å². The third kappa shape index (κ3) is 3.25. The van der Waals surface area contributed by atoms with Gasteiger partial charge in [-0.2, -0.15) is 0 Å². The Morgan fingerprint density at radius 3 is 2.25 bits per heavy atom. The molecule has 1 spiro atoms. The van der Waals surface area contributed by atoms with Gasteiger partial charge in [0.05, 0.1) is 18.9 Å². The number of hydrogen-bond acceptors (Lipinski definition) is 10. The van der Waals surface area contributed by atoms with E-state index in [4.69, 9.17) is 28.1 Å². The SMILES string of the molecule is CC(=O)O[C@H]1CC(=O)OC(C)(C)[C@H]2C[C@@H](OC(C)=O)[C@]3(C)[C@H](CC[C@@]4(C)[C@H](c5ccoc5)OC(=O)[C@H]5O[C@@]534)[C@@]12C. The van der Waals surface area contributed by atoms with Crippen molar-refractivity contribution in [1.29, 1.82) is 0 Å². The highest BCUT2D eigenvalue weighted by atomic mass is 16.7. The minimum atomic E-state index is -1.03. The highest BCUT2D eigenvalue weighted by Crippen LogP contribution is 2.79. The summed E-state index contributed by atoms with van der Waals surface area (Å²) < 4.78 is 36.0. The van der Waals surface area contributed by atoms with Crippen LogP contribution in [0.5, 0.6) is 0 Å². The van der Waals surface area contributed by atoms with Gasteiger partial charge in [-0.1, -0.05) is 20.8 Å². The van der Waals surface area contributed by atoms with Gasteiger partial charge >= 0.3 is 23.9 Å². The molecule has 218 valence electrons. The van der Waals surface area contributed by atoms with Crippen molar-refractivity contribution >= 4 is 23.9 Å². The summed E-state index contributed by atoms with van der Waals surface area (Å²) in [5.41, 5.74) is -3.57. The van der Waals surface area contributed by atoms with Crippen molar-refractivity contribution < 1.29 is 47.3 Å². The molecule has 10 nitrogen and oxygen atoms in total. The lowest BCUT2D eigenvalue weighted by atomic mass is 9.36. The van der Waals surface area contributed by atoms with Gasteiger partial charge in [0.2, 0.25) is 0 Å². The summed E-state index contributed by atoms with van der Waals surface area (Å²) in [6.07, 6.45) is 1.72. The van der Waals surface area contributed by atoms with Gasteiger partial charge in [0, 0.05) is 41.6 Å². The van der Waals surface area contributed by atoms with Crippen LogP contribution in [0.3, 0.4) is 0 Å². The van der Waals surface area contributed by atoms with Gasteiger partial charge in [-0.25, -0.2) is 4.79 Å². The maximum absolute atomic E-state index is 13.4. The number of hydrogen-bond donors (Lipinski definition) is 0. The first kappa shape index (κ1) is 27.3. The maximum Gasteiger partial charge on any atom is 0.339 e. The Hall–Kier alpha value is -2.88. The van der Waals surface area contributed by atoms with E-state index in [-0.39, 0.29) is 18.3 Å². The van der Waals surface area contributed by atoms with Crippen molar-refractivity contribution in [3.05, 3.63) is 24.2 Å². The summed E-state index contributed by atoms with van der Waals surface area (Å²) in [5.74, 6) is -2.43. The van der Waals surface area contributed by atoms with E-state index in [1.165, 1.54) is 13.8 Å². The number of epoxide rings is 1. The highest BCUT2D eigenvalue weighted by molar-refractivity contribution is 5.82. The van der Waals surface area contributed by atoms with Gasteiger partial charge in [0.15, 0.2) is 6.10 Å². The zero-order valence-corrected chi connectivity index (χ0v) is 24.1. The number of carbonyl (C=O) groups is 4. The van der Waals surface area contributed by atoms with Crippen molar-refractivity contribution in [3.63, 3.8) is 0 Å². The molecule has 10 atom stereocenters. The van der Waals surface area contributed by atoms with Crippen LogP contribution in [0.1, 0.15) is 85.8 Å². The molecule has 0 radical (unpaired) electrons. The van der Waals surface area contributed by atoms with Crippen molar-refractivity contribution in [1.82, 2.24) is 0 Å². The molecule has 2 saturated carbocycles. The van der Waals surface area contributed by atoms with E-state index in [0.717, 1.165) is 5.56 Å². The van der Waals surface area contributed by atoms with E-state index in [1.54, 1.807) is 18.6 Å². The molecular formula is C30H38O10.